The summed E-state index contributed by atoms with van der Waals surface area (Å²) >= 11 is 0. The average molecular weight is 216 g/mol. The number of imidazole rings is 1. The maximum Gasteiger partial charge on any atom is 0.177 e. The molecular weight excluding hydrogens is 200 g/mol. The SMILES string of the molecule is NCc1cnc2nc(C3CCCC3)[nH]c2c1. The predicted octanol–water partition coefficient (Wildman–Crippen LogP) is 2.07. The predicted molar refractivity (Wildman–Crippen MR) is 63.0 cm³/mol. The third-order valence-electron chi connectivity index (χ3n) is 3.39. The zero-order chi connectivity index (χ0) is 11.0. The number of H-pyrrole nitrogens is 1. The van der Waals surface area contributed by atoms with E-state index in [1.165, 1.54) is 25.7 Å². The summed E-state index contributed by atoms with van der Waals surface area (Å²) in [4.78, 5) is 12.3. The monoisotopic (exact) mass is 216 g/mol. The van der Waals surface area contributed by atoms with Crippen LogP contribution >= 0.6 is 0 Å². The number of nitrogens with two attached hydrogens (primary N) is 1. The summed E-state index contributed by atoms with van der Waals surface area (Å²) in [5, 5.41) is 0. The highest BCUT2D eigenvalue weighted by Gasteiger charge is 2.20. The minimum Gasteiger partial charge on any atom is -0.340 e. The molecule has 1 aliphatic carbocycles. The summed E-state index contributed by atoms with van der Waals surface area (Å²) in [6.07, 6.45) is 6.96. The molecule has 3 rings (SSSR count). The minimum absolute atomic E-state index is 0.528. The lowest BCUT2D eigenvalue weighted by molar-refractivity contribution is 0.681. The second-order valence-electron chi connectivity index (χ2n) is 4.52. The molecule has 3 N–H and O–H groups in total. The normalized spacial score (nSPS) is 17.3. The maximum atomic E-state index is 5.60. The molecule has 0 aromatic carbocycles. The first kappa shape index (κ1) is 9.78. The summed E-state index contributed by atoms with van der Waals surface area (Å²) in [6.45, 7) is 0.528. The van der Waals surface area contributed by atoms with E-state index in [4.69, 9.17) is 5.73 Å². The van der Waals surface area contributed by atoms with Gasteiger partial charge in [0.2, 0.25) is 0 Å². The second kappa shape index (κ2) is 3.87. The number of aromatic nitrogens is 3. The van der Waals surface area contributed by atoms with Gasteiger partial charge in [-0.3, -0.25) is 0 Å². The van der Waals surface area contributed by atoms with Gasteiger partial charge >= 0.3 is 0 Å². The van der Waals surface area contributed by atoms with Crippen molar-refractivity contribution in [2.45, 2.75) is 38.1 Å². The third kappa shape index (κ3) is 1.59. The summed E-state index contributed by atoms with van der Waals surface area (Å²) < 4.78 is 0. The molecule has 1 fully saturated rings. The van der Waals surface area contributed by atoms with E-state index in [1.54, 1.807) is 0 Å². The van der Waals surface area contributed by atoms with Gasteiger partial charge in [0.15, 0.2) is 5.65 Å². The second-order valence-corrected chi connectivity index (χ2v) is 4.52. The van der Waals surface area contributed by atoms with Crippen LogP contribution in [0.25, 0.3) is 11.2 Å². The number of nitrogens with one attached hydrogen (secondary N) is 1. The molecule has 84 valence electrons. The number of fused-ring (bicyclic) bond motifs is 1. The highest BCUT2D eigenvalue weighted by Crippen LogP contribution is 2.33. The molecule has 2 aromatic rings. The molecule has 2 aromatic heterocycles. The van der Waals surface area contributed by atoms with Gasteiger partial charge in [0, 0.05) is 18.7 Å². The Morgan fingerprint density at radius 1 is 1.38 bits per heavy atom. The molecule has 0 atom stereocenters. The molecule has 1 saturated carbocycles. The summed E-state index contributed by atoms with van der Waals surface area (Å²) in [5.41, 5.74) is 8.48. The molecule has 0 amide bonds. The van der Waals surface area contributed by atoms with Crippen molar-refractivity contribution in [1.29, 1.82) is 0 Å². The molecule has 0 spiro atoms. The maximum absolute atomic E-state index is 5.60. The fraction of sp³-hybridized carbons (Fsp3) is 0.500. The fourth-order valence-electron chi connectivity index (χ4n) is 2.47. The van der Waals surface area contributed by atoms with Gasteiger partial charge in [-0.2, -0.15) is 0 Å². The molecular formula is C12H16N4. The Kier molecular flexibility index (Phi) is 2.36. The summed E-state index contributed by atoms with van der Waals surface area (Å²) in [5.74, 6) is 1.71. The average Bonchev–Trinajstić information content (AvgIpc) is 2.96. The van der Waals surface area contributed by atoms with E-state index in [1.807, 2.05) is 12.3 Å². The first-order chi connectivity index (χ1) is 7.86. The summed E-state index contributed by atoms with van der Waals surface area (Å²) in [7, 11) is 0. The lowest BCUT2D eigenvalue weighted by Gasteiger charge is -2.02. The first-order valence-corrected chi connectivity index (χ1v) is 5.91. The van der Waals surface area contributed by atoms with Crippen LogP contribution in [0.15, 0.2) is 12.3 Å². The van der Waals surface area contributed by atoms with Crippen LogP contribution in [0.2, 0.25) is 0 Å². The van der Waals surface area contributed by atoms with E-state index >= 15 is 0 Å². The van der Waals surface area contributed by atoms with Gasteiger partial charge in [-0.25, -0.2) is 9.97 Å². The van der Waals surface area contributed by atoms with E-state index in [2.05, 4.69) is 15.0 Å². The Balaban J connectivity index is 2.01. The summed E-state index contributed by atoms with van der Waals surface area (Å²) in [6, 6.07) is 2.05. The lowest BCUT2D eigenvalue weighted by atomic mass is 10.1. The number of aromatic amines is 1. The van der Waals surface area contributed by atoms with Crippen molar-refractivity contribution in [2.24, 2.45) is 5.73 Å². The van der Waals surface area contributed by atoms with Crippen molar-refractivity contribution < 1.29 is 0 Å². The molecule has 1 aliphatic rings. The number of nitrogens with zero attached hydrogens (tertiary/aromatic N) is 2. The zero-order valence-corrected chi connectivity index (χ0v) is 9.24. The van der Waals surface area contributed by atoms with Crippen LogP contribution < -0.4 is 5.73 Å². The molecule has 0 radical (unpaired) electrons. The number of hydrogen-bond donors (Lipinski definition) is 2. The molecule has 16 heavy (non-hydrogen) atoms. The van der Waals surface area contributed by atoms with E-state index < -0.39 is 0 Å². The number of pyridine rings is 1. The van der Waals surface area contributed by atoms with E-state index in [0.29, 0.717) is 12.5 Å². The Bertz CT molecular complexity index is 497. The van der Waals surface area contributed by atoms with Gasteiger partial charge < -0.3 is 10.7 Å². The van der Waals surface area contributed by atoms with Crippen molar-refractivity contribution in [3.8, 4) is 0 Å². The van der Waals surface area contributed by atoms with Crippen molar-refractivity contribution in [3.05, 3.63) is 23.7 Å². The third-order valence-corrected chi connectivity index (χ3v) is 3.39. The van der Waals surface area contributed by atoms with Gasteiger partial charge in [0.25, 0.3) is 0 Å². The van der Waals surface area contributed by atoms with Crippen LogP contribution in [0, 0.1) is 0 Å². The topological polar surface area (TPSA) is 67.6 Å². The van der Waals surface area contributed by atoms with E-state index in [9.17, 15) is 0 Å². The Hall–Kier alpha value is -1.42. The Morgan fingerprint density at radius 2 is 2.19 bits per heavy atom. The first-order valence-electron chi connectivity index (χ1n) is 5.91. The number of hydrogen-bond acceptors (Lipinski definition) is 3. The van der Waals surface area contributed by atoms with Crippen molar-refractivity contribution in [3.63, 3.8) is 0 Å². The zero-order valence-electron chi connectivity index (χ0n) is 9.24. The smallest absolute Gasteiger partial charge is 0.177 e. The van der Waals surface area contributed by atoms with Gasteiger partial charge in [-0.15, -0.1) is 0 Å². The van der Waals surface area contributed by atoms with Gasteiger partial charge in [-0.05, 0) is 24.5 Å². The molecule has 0 aliphatic heterocycles. The molecule has 2 heterocycles. The van der Waals surface area contributed by atoms with Crippen molar-refractivity contribution >= 4 is 11.2 Å². The van der Waals surface area contributed by atoms with Crippen LogP contribution in [0.1, 0.15) is 43.0 Å². The quantitative estimate of drug-likeness (QED) is 0.807. The van der Waals surface area contributed by atoms with E-state index in [-0.39, 0.29) is 0 Å². The van der Waals surface area contributed by atoms with Gasteiger partial charge in [0.05, 0.1) is 5.52 Å². The van der Waals surface area contributed by atoms with Crippen LogP contribution in [-0.4, -0.2) is 15.0 Å². The molecule has 0 bridgehead atoms. The van der Waals surface area contributed by atoms with Crippen LogP contribution in [0.4, 0.5) is 0 Å². The molecule has 4 nitrogen and oxygen atoms in total. The highest BCUT2D eigenvalue weighted by molar-refractivity contribution is 5.71. The van der Waals surface area contributed by atoms with Crippen molar-refractivity contribution in [1.82, 2.24) is 15.0 Å². The van der Waals surface area contributed by atoms with Crippen molar-refractivity contribution in [2.75, 3.05) is 0 Å². The Labute approximate surface area is 94.3 Å². The molecule has 4 heteroatoms. The highest BCUT2D eigenvalue weighted by atomic mass is 15.0. The van der Waals surface area contributed by atoms with E-state index in [0.717, 1.165) is 22.6 Å². The standard InChI is InChI=1S/C12H16N4/c13-6-8-5-10-12(14-7-8)16-11(15-10)9-3-1-2-4-9/h5,7,9H,1-4,6,13H2,(H,14,15,16). The Morgan fingerprint density at radius 3 is 2.94 bits per heavy atom. The molecule has 0 saturated heterocycles. The van der Waals surface area contributed by atoms with Gasteiger partial charge in [-0.1, -0.05) is 12.8 Å². The van der Waals surface area contributed by atoms with Gasteiger partial charge in [0.1, 0.15) is 5.82 Å². The molecule has 0 unspecified atom stereocenters. The lowest BCUT2D eigenvalue weighted by Crippen LogP contribution is -1.96. The largest absolute Gasteiger partial charge is 0.340 e. The van der Waals surface area contributed by atoms with Crippen LogP contribution in [0.5, 0.6) is 0 Å². The van der Waals surface area contributed by atoms with Crippen LogP contribution in [0.3, 0.4) is 0 Å². The minimum atomic E-state index is 0.528. The van der Waals surface area contributed by atoms with Crippen LogP contribution in [-0.2, 0) is 6.54 Å². The number of rotatable bonds is 2. The fourth-order valence-corrected chi connectivity index (χ4v) is 2.47.